The van der Waals surface area contributed by atoms with Crippen LogP contribution in [0.2, 0.25) is 0 Å². The summed E-state index contributed by atoms with van der Waals surface area (Å²) in [6.07, 6.45) is 0.569. The number of rotatable bonds is 4. The second-order valence-electron chi connectivity index (χ2n) is 4.89. The van der Waals surface area contributed by atoms with Gasteiger partial charge in [0.05, 0.1) is 4.92 Å². The summed E-state index contributed by atoms with van der Waals surface area (Å²) in [6.45, 7) is 1.86. The summed E-state index contributed by atoms with van der Waals surface area (Å²) in [5.74, 6) is 0.371. The number of nitro benzene ring substituents is 1. The number of non-ortho nitro benzene ring substituents is 1. The third kappa shape index (κ3) is 2.84. The highest BCUT2D eigenvalue weighted by atomic mass is 16.6. The number of amides is 1. The zero-order chi connectivity index (χ0) is 17.3. The molecule has 0 saturated carbocycles. The lowest BCUT2D eigenvalue weighted by Crippen LogP contribution is -2.18. The Bertz CT molecular complexity index is 989. The summed E-state index contributed by atoms with van der Waals surface area (Å²) in [4.78, 5) is 40.7. The summed E-state index contributed by atoms with van der Waals surface area (Å²) in [6, 6.07) is 6.30. The first-order valence-electron chi connectivity index (χ1n) is 7.02. The van der Waals surface area contributed by atoms with Gasteiger partial charge in [0.25, 0.3) is 17.2 Å². The number of carbonyl (C=O) groups excluding carboxylic acids is 1. The van der Waals surface area contributed by atoms with Gasteiger partial charge in [0, 0.05) is 30.2 Å². The Morgan fingerprint density at radius 1 is 1.38 bits per heavy atom. The molecule has 2 N–H and O–H groups in total. The molecule has 0 unspecified atom stereocenters. The Labute approximate surface area is 134 Å². The fourth-order valence-electron chi connectivity index (χ4n) is 2.10. The number of aromatic amines is 1. The van der Waals surface area contributed by atoms with E-state index in [-0.39, 0.29) is 22.8 Å². The molecule has 3 aromatic rings. The molecule has 0 saturated heterocycles. The van der Waals surface area contributed by atoms with Crippen molar-refractivity contribution in [1.82, 2.24) is 19.6 Å². The van der Waals surface area contributed by atoms with E-state index in [1.54, 1.807) is 0 Å². The maximum Gasteiger partial charge on any atom is 0.269 e. The van der Waals surface area contributed by atoms with Gasteiger partial charge >= 0.3 is 0 Å². The lowest BCUT2D eigenvalue weighted by Gasteiger charge is -2.06. The van der Waals surface area contributed by atoms with Crippen LogP contribution in [0.25, 0.3) is 5.78 Å². The normalized spacial score (nSPS) is 10.7. The monoisotopic (exact) mass is 328 g/mol. The summed E-state index contributed by atoms with van der Waals surface area (Å²) in [7, 11) is 0. The van der Waals surface area contributed by atoms with Crippen LogP contribution in [-0.2, 0) is 6.42 Å². The molecule has 10 heteroatoms. The fraction of sp³-hybridized carbons (Fsp3) is 0.143. The molecule has 0 aliphatic heterocycles. The number of benzene rings is 1. The van der Waals surface area contributed by atoms with Gasteiger partial charge in [0.1, 0.15) is 5.82 Å². The minimum atomic E-state index is -0.552. The average Bonchev–Trinajstić information content (AvgIpc) is 2.98. The van der Waals surface area contributed by atoms with Crippen LogP contribution in [-0.4, -0.2) is 30.4 Å². The van der Waals surface area contributed by atoms with Crippen molar-refractivity contribution in [3.05, 3.63) is 62.2 Å². The van der Waals surface area contributed by atoms with Crippen LogP contribution in [0.3, 0.4) is 0 Å². The predicted molar refractivity (Wildman–Crippen MR) is 84.0 cm³/mol. The van der Waals surface area contributed by atoms with Crippen molar-refractivity contribution in [3.63, 3.8) is 0 Å². The van der Waals surface area contributed by atoms with Crippen LogP contribution in [0.4, 0.5) is 11.5 Å². The van der Waals surface area contributed by atoms with Gasteiger partial charge < -0.3 is 5.32 Å². The van der Waals surface area contributed by atoms with E-state index in [0.29, 0.717) is 12.2 Å². The topological polar surface area (TPSA) is 135 Å². The number of hydrogen-bond donors (Lipinski definition) is 2. The summed E-state index contributed by atoms with van der Waals surface area (Å²) in [5.41, 5.74) is -0.338. The smallest absolute Gasteiger partial charge is 0.269 e. The first-order valence-corrected chi connectivity index (χ1v) is 7.02. The number of H-pyrrole nitrogens is 1. The van der Waals surface area contributed by atoms with Crippen molar-refractivity contribution in [3.8, 4) is 0 Å². The Morgan fingerprint density at radius 2 is 2.08 bits per heavy atom. The standard InChI is InChI=1S/C14H12N6O4/c1-2-10-15-14-17-12(21)7-11(19(14)18-10)16-13(22)8-3-5-9(6-4-8)20(23)24/h3-7H,2H2,1H3,(H,16,22)(H,15,17,18,21). The van der Waals surface area contributed by atoms with E-state index in [2.05, 4.69) is 20.4 Å². The average molecular weight is 328 g/mol. The second kappa shape index (κ2) is 5.91. The van der Waals surface area contributed by atoms with Crippen molar-refractivity contribution in [2.24, 2.45) is 0 Å². The summed E-state index contributed by atoms with van der Waals surface area (Å²) < 4.78 is 1.32. The van der Waals surface area contributed by atoms with Crippen LogP contribution in [0.1, 0.15) is 23.1 Å². The molecule has 1 aromatic carbocycles. The molecule has 3 rings (SSSR count). The van der Waals surface area contributed by atoms with Crippen molar-refractivity contribution in [2.75, 3.05) is 5.32 Å². The molecule has 0 atom stereocenters. The Morgan fingerprint density at radius 3 is 2.71 bits per heavy atom. The Hall–Kier alpha value is -3.56. The first kappa shape index (κ1) is 15.3. The Kier molecular flexibility index (Phi) is 3.78. The highest BCUT2D eigenvalue weighted by Crippen LogP contribution is 2.14. The molecular weight excluding hydrogens is 316 g/mol. The van der Waals surface area contributed by atoms with Gasteiger partial charge in [-0.25, -0.2) is 0 Å². The van der Waals surface area contributed by atoms with Gasteiger partial charge in [-0.05, 0) is 12.1 Å². The van der Waals surface area contributed by atoms with Crippen molar-refractivity contribution >= 4 is 23.2 Å². The summed E-state index contributed by atoms with van der Waals surface area (Å²) in [5, 5.41) is 17.4. The molecule has 0 radical (unpaired) electrons. The van der Waals surface area contributed by atoms with Crippen molar-refractivity contribution in [1.29, 1.82) is 0 Å². The highest BCUT2D eigenvalue weighted by molar-refractivity contribution is 6.04. The van der Waals surface area contributed by atoms with Crippen LogP contribution >= 0.6 is 0 Å². The van der Waals surface area contributed by atoms with E-state index in [9.17, 15) is 19.7 Å². The van der Waals surface area contributed by atoms with Gasteiger partial charge in [0.2, 0.25) is 5.78 Å². The van der Waals surface area contributed by atoms with Crippen LogP contribution in [0.15, 0.2) is 35.1 Å². The molecule has 1 amide bonds. The lowest BCUT2D eigenvalue weighted by molar-refractivity contribution is -0.384. The maximum atomic E-state index is 12.3. The second-order valence-corrected chi connectivity index (χ2v) is 4.89. The zero-order valence-electron chi connectivity index (χ0n) is 12.5. The van der Waals surface area contributed by atoms with Crippen molar-refractivity contribution < 1.29 is 9.72 Å². The molecule has 122 valence electrons. The van der Waals surface area contributed by atoms with E-state index in [4.69, 9.17) is 0 Å². The maximum absolute atomic E-state index is 12.3. The molecule has 0 bridgehead atoms. The number of anilines is 1. The first-order chi connectivity index (χ1) is 11.5. The molecule has 0 aliphatic carbocycles. The number of nitrogens with one attached hydrogen (secondary N) is 2. The number of carbonyl (C=O) groups is 1. The van der Waals surface area contributed by atoms with E-state index in [0.717, 1.165) is 0 Å². The molecule has 0 aliphatic rings. The van der Waals surface area contributed by atoms with Gasteiger partial charge in [0.15, 0.2) is 5.82 Å². The SMILES string of the molecule is CCc1nc2[nH]c(=O)cc(NC(=O)c3ccc([N+](=O)[O-])cc3)n2n1. The third-order valence-corrected chi connectivity index (χ3v) is 3.28. The molecule has 2 aromatic heterocycles. The van der Waals surface area contributed by atoms with E-state index < -0.39 is 16.4 Å². The largest absolute Gasteiger partial charge is 0.306 e. The van der Waals surface area contributed by atoms with Gasteiger partial charge in [-0.2, -0.15) is 9.50 Å². The van der Waals surface area contributed by atoms with Crippen LogP contribution < -0.4 is 10.9 Å². The molecule has 24 heavy (non-hydrogen) atoms. The lowest BCUT2D eigenvalue weighted by atomic mass is 10.2. The molecule has 10 nitrogen and oxygen atoms in total. The minimum Gasteiger partial charge on any atom is -0.306 e. The molecule has 0 fully saturated rings. The predicted octanol–water partition coefficient (Wildman–Crippen LogP) is 1.14. The van der Waals surface area contributed by atoms with E-state index >= 15 is 0 Å². The quantitative estimate of drug-likeness (QED) is 0.544. The van der Waals surface area contributed by atoms with Crippen LogP contribution in [0, 0.1) is 10.1 Å². The number of aryl methyl sites for hydroxylation is 1. The highest BCUT2D eigenvalue weighted by Gasteiger charge is 2.13. The van der Waals surface area contributed by atoms with Gasteiger partial charge in [-0.3, -0.25) is 24.7 Å². The Balaban J connectivity index is 1.94. The van der Waals surface area contributed by atoms with Gasteiger partial charge in [-0.1, -0.05) is 6.92 Å². The molecule has 0 spiro atoms. The van der Waals surface area contributed by atoms with E-state index in [1.807, 2.05) is 6.92 Å². The molecular formula is C14H12N6O4. The number of fused-ring (bicyclic) bond motifs is 1. The van der Waals surface area contributed by atoms with E-state index in [1.165, 1.54) is 34.8 Å². The fourth-order valence-corrected chi connectivity index (χ4v) is 2.10. The summed E-state index contributed by atoms with van der Waals surface area (Å²) >= 11 is 0. The third-order valence-electron chi connectivity index (χ3n) is 3.28. The molecule has 2 heterocycles. The zero-order valence-corrected chi connectivity index (χ0v) is 12.5. The van der Waals surface area contributed by atoms with Crippen molar-refractivity contribution in [2.45, 2.75) is 13.3 Å². The minimum absolute atomic E-state index is 0.117. The number of nitrogens with zero attached hydrogens (tertiary/aromatic N) is 4. The van der Waals surface area contributed by atoms with Gasteiger partial charge in [-0.15, -0.1) is 5.10 Å². The number of hydrogen-bond acceptors (Lipinski definition) is 6. The number of nitro groups is 1. The number of aromatic nitrogens is 4. The van der Waals surface area contributed by atoms with Crippen LogP contribution in [0.5, 0.6) is 0 Å².